The van der Waals surface area contributed by atoms with Crippen LogP contribution in [0.1, 0.15) is 30.9 Å². The standard InChI is InChI=1S/C14H21NO6S2/c1-5-6-11(14(16)17)15-23(20,21)13-8-9(2)7-12(10(13)3)22(4,18)19/h7-8,11,15H,5-6H2,1-4H3,(H,16,17). The zero-order valence-corrected chi connectivity index (χ0v) is 15.1. The summed E-state index contributed by atoms with van der Waals surface area (Å²) in [5.74, 6) is -1.27. The van der Waals surface area contributed by atoms with Crippen molar-refractivity contribution in [3.63, 3.8) is 0 Å². The number of hydrogen-bond donors (Lipinski definition) is 2. The number of hydrogen-bond acceptors (Lipinski definition) is 5. The predicted octanol–water partition coefficient (Wildman–Crippen LogP) is 1.24. The zero-order chi connectivity index (χ0) is 18.0. The van der Waals surface area contributed by atoms with Gasteiger partial charge in [-0.2, -0.15) is 4.72 Å². The van der Waals surface area contributed by atoms with Gasteiger partial charge >= 0.3 is 5.97 Å². The van der Waals surface area contributed by atoms with Gasteiger partial charge < -0.3 is 5.11 Å². The summed E-state index contributed by atoms with van der Waals surface area (Å²) in [7, 11) is -7.76. The van der Waals surface area contributed by atoms with E-state index in [1.54, 1.807) is 13.8 Å². The molecule has 0 saturated carbocycles. The van der Waals surface area contributed by atoms with Crippen molar-refractivity contribution in [3.8, 4) is 0 Å². The van der Waals surface area contributed by atoms with Crippen LogP contribution in [0, 0.1) is 13.8 Å². The maximum atomic E-state index is 12.5. The molecule has 0 spiro atoms. The maximum Gasteiger partial charge on any atom is 0.321 e. The molecule has 130 valence electrons. The molecule has 1 unspecified atom stereocenters. The van der Waals surface area contributed by atoms with Gasteiger partial charge in [0.25, 0.3) is 0 Å². The van der Waals surface area contributed by atoms with Crippen molar-refractivity contribution in [1.82, 2.24) is 4.72 Å². The van der Waals surface area contributed by atoms with Crippen molar-refractivity contribution in [1.29, 1.82) is 0 Å². The minimum Gasteiger partial charge on any atom is -0.480 e. The van der Waals surface area contributed by atoms with E-state index < -0.39 is 31.9 Å². The fourth-order valence-electron chi connectivity index (χ4n) is 2.23. The molecule has 0 bridgehead atoms. The molecule has 1 aromatic rings. The van der Waals surface area contributed by atoms with Crippen LogP contribution in [0.5, 0.6) is 0 Å². The molecular weight excluding hydrogens is 342 g/mol. The molecule has 0 aliphatic rings. The third kappa shape index (κ3) is 4.76. The third-order valence-corrected chi connectivity index (χ3v) is 6.14. The van der Waals surface area contributed by atoms with Gasteiger partial charge in [0.1, 0.15) is 6.04 Å². The second-order valence-electron chi connectivity index (χ2n) is 5.46. The van der Waals surface area contributed by atoms with E-state index in [0.29, 0.717) is 12.0 Å². The van der Waals surface area contributed by atoms with Gasteiger partial charge in [0.2, 0.25) is 10.0 Å². The van der Waals surface area contributed by atoms with Gasteiger partial charge in [-0.1, -0.05) is 13.3 Å². The number of rotatable bonds is 7. The summed E-state index contributed by atoms with van der Waals surface area (Å²) < 4.78 is 50.8. The molecule has 0 radical (unpaired) electrons. The van der Waals surface area contributed by atoms with Gasteiger partial charge in [0.05, 0.1) is 9.79 Å². The molecule has 7 nitrogen and oxygen atoms in total. The Morgan fingerprint density at radius 1 is 1.17 bits per heavy atom. The highest BCUT2D eigenvalue weighted by Crippen LogP contribution is 2.25. The van der Waals surface area contributed by atoms with Crippen molar-refractivity contribution >= 4 is 25.8 Å². The van der Waals surface area contributed by atoms with Crippen LogP contribution in [0.4, 0.5) is 0 Å². The SMILES string of the molecule is CCCC(NS(=O)(=O)c1cc(C)cc(S(C)(=O)=O)c1C)C(=O)O. The number of benzene rings is 1. The largest absolute Gasteiger partial charge is 0.480 e. The number of sulfone groups is 1. The Bertz CT molecular complexity index is 812. The quantitative estimate of drug-likeness (QED) is 0.752. The zero-order valence-electron chi connectivity index (χ0n) is 13.5. The molecule has 9 heteroatoms. The van der Waals surface area contributed by atoms with Gasteiger partial charge in [-0.05, 0) is 43.5 Å². The first kappa shape index (κ1) is 19.6. The first-order valence-corrected chi connectivity index (χ1v) is 10.3. The number of aryl methyl sites for hydroxylation is 1. The number of carbonyl (C=O) groups is 1. The Morgan fingerprint density at radius 3 is 2.13 bits per heavy atom. The molecule has 23 heavy (non-hydrogen) atoms. The topological polar surface area (TPSA) is 118 Å². The monoisotopic (exact) mass is 363 g/mol. The Morgan fingerprint density at radius 2 is 1.70 bits per heavy atom. The third-order valence-electron chi connectivity index (χ3n) is 3.32. The minimum atomic E-state index is -4.16. The lowest BCUT2D eigenvalue weighted by Crippen LogP contribution is -2.40. The first-order chi connectivity index (χ1) is 10.4. The molecule has 0 heterocycles. The predicted molar refractivity (Wildman–Crippen MR) is 85.7 cm³/mol. The summed E-state index contributed by atoms with van der Waals surface area (Å²) in [5, 5.41) is 9.10. The molecule has 0 aliphatic heterocycles. The molecule has 1 aromatic carbocycles. The summed E-state index contributed by atoms with van der Waals surface area (Å²) in [6, 6.07) is 1.47. The van der Waals surface area contributed by atoms with Gasteiger partial charge in [-0.3, -0.25) is 4.79 Å². The fraction of sp³-hybridized carbons (Fsp3) is 0.500. The van der Waals surface area contributed by atoms with E-state index in [2.05, 4.69) is 4.72 Å². The van der Waals surface area contributed by atoms with Crippen molar-refractivity contribution in [2.45, 2.75) is 49.4 Å². The van der Waals surface area contributed by atoms with Crippen molar-refractivity contribution in [3.05, 3.63) is 23.3 Å². The lowest BCUT2D eigenvalue weighted by atomic mass is 10.2. The average Bonchev–Trinajstić information content (AvgIpc) is 2.38. The van der Waals surface area contributed by atoms with Crippen LogP contribution in [0.2, 0.25) is 0 Å². The van der Waals surface area contributed by atoms with Crippen LogP contribution in [0.3, 0.4) is 0 Å². The molecule has 1 atom stereocenters. The van der Waals surface area contributed by atoms with Crippen molar-refractivity contribution in [2.24, 2.45) is 0 Å². The highest BCUT2D eigenvalue weighted by molar-refractivity contribution is 7.91. The van der Waals surface area contributed by atoms with Crippen LogP contribution in [0.15, 0.2) is 21.9 Å². The Hall–Kier alpha value is -1.45. The van der Waals surface area contributed by atoms with E-state index in [9.17, 15) is 21.6 Å². The minimum absolute atomic E-state index is 0.0752. The summed E-state index contributed by atoms with van der Waals surface area (Å²) >= 11 is 0. The molecule has 2 N–H and O–H groups in total. The van der Waals surface area contributed by atoms with Crippen molar-refractivity contribution < 1.29 is 26.7 Å². The molecule has 0 aromatic heterocycles. The van der Waals surface area contributed by atoms with Crippen LogP contribution in [-0.4, -0.2) is 40.2 Å². The highest BCUT2D eigenvalue weighted by Gasteiger charge is 2.28. The summed E-state index contributed by atoms with van der Waals surface area (Å²) in [5.41, 5.74) is 0.532. The Labute approximate surface area is 136 Å². The van der Waals surface area contributed by atoms with Crippen LogP contribution >= 0.6 is 0 Å². The normalized spacial score (nSPS) is 13.7. The lowest BCUT2D eigenvalue weighted by molar-refractivity contribution is -0.139. The van der Waals surface area contributed by atoms with Gasteiger partial charge in [-0.25, -0.2) is 16.8 Å². The van der Waals surface area contributed by atoms with E-state index in [1.165, 1.54) is 19.1 Å². The highest BCUT2D eigenvalue weighted by atomic mass is 32.2. The number of nitrogens with one attached hydrogen (secondary N) is 1. The number of carboxylic acid groups (broad SMARTS) is 1. The van der Waals surface area contributed by atoms with E-state index in [-0.39, 0.29) is 21.8 Å². The smallest absolute Gasteiger partial charge is 0.321 e. The average molecular weight is 363 g/mol. The number of sulfonamides is 1. The second kappa shape index (κ2) is 6.98. The molecule has 0 aliphatic carbocycles. The van der Waals surface area contributed by atoms with Crippen molar-refractivity contribution in [2.75, 3.05) is 6.26 Å². The Balaban J connectivity index is 3.45. The molecule has 1 rings (SSSR count). The molecule has 0 saturated heterocycles. The van der Waals surface area contributed by atoms with E-state index in [1.807, 2.05) is 0 Å². The Kier molecular flexibility index (Phi) is 5.95. The van der Waals surface area contributed by atoms with E-state index >= 15 is 0 Å². The molecule has 0 fully saturated rings. The van der Waals surface area contributed by atoms with Gasteiger partial charge in [-0.15, -0.1) is 0 Å². The summed E-state index contributed by atoms with van der Waals surface area (Å²) in [4.78, 5) is 10.8. The summed E-state index contributed by atoms with van der Waals surface area (Å²) in [6.45, 7) is 4.71. The maximum absolute atomic E-state index is 12.5. The van der Waals surface area contributed by atoms with Crippen LogP contribution in [-0.2, 0) is 24.7 Å². The van der Waals surface area contributed by atoms with Gasteiger partial charge in [0.15, 0.2) is 9.84 Å². The molecular formula is C14H21NO6S2. The van der Waals surface area contributed by atoms with E-state index in [0.717, 1.165) is 6.26 Å². The first-order valence-electron chi connectivity index (χ1n) is 6.96. The second-order valence-corrected chi connectivity index (χ2v) is 9.13. The van der Waals surface area contributed by atoms with Gasteiger partial charge in [0, 0.05) is 6.26 Å². The van der Waals surface area contributed by atoms with E-state index in [4.69, 9.17) is 5.11 Å². The number of carboxylic acids is 1. The number of aliphatic carboxylic acids is 1. The fourth-order valence-corrected chi connectivity index (χ4v) is 4.93. The lowest BCUT2D eigenvalue weighted by Gasteiger charge is -2.17. The summed E-state index contributed by atoms with van der Waals surface area (Å²) in [6.07, 6.45) is 1.62. The van der Waals surface area contributed by atoms with Crippen LogP contribution in [0.25, 0.3) is 0 Å². The van der Waals surface area contributed by atoms with Crippen LogP contribution < -0.4 is 4.72 Å². The molecule has 0 amide bonds.